The molecular formula is C35H32N2O7S. The molecule has 0 aliphatic heterocycles. The molecule has 0 spiro atoms. The summed E-state index contributed by atoms with van der Waals surface area (Å²) in [5.74, 6) is -0.142. The fraction of sp³-hybridized carbons (Fsp3) is 0.200. The van der Waals surface area contributed by atoms with Crippen LogP contribution in [0.3, 0.4) is 0 Å². The highest BCUT2D eigenvalue weighted by Gasteiger charge is 2.34. The lowest BCUT2D eigenvalue weighted by Gasteiger charge is -2.34. The van der Waals surface area contributed by atoms with E-state index in [2.05, 4.69) is 4.98 Å². The summed E-state index contributed by atoms with van der Waals surface area (Å²) in [4.78, 5) is 2.73. The number of hydrogen-bond donors (Lipinski definition) is 2. The first-order valence-corrected chi connectivity index (χ1v) is 15.5. The molecule has 0 unspecified atom stereocenters. The highest BCUT2D eigenvalue weighted by Crippen LogP contribution is 2.46. The summed E-state index contributed by atoms with van der Waals surface area (Å²) >= 11 is 0. The van der Waals surface area contributed by atoms with Crippen molar-refractivity contribution in [2.24, 2.45) is 0 Å². The molecule has 0 bridgehead atoms. The molecule has 0 aliphatic rings. The van der Waals surface area contributed by atoms with E-state index in [0.29, 0.717) is 22.3 Å². The molecule has 230 valence electrons. The summed E-state index contributed by atoms with van der Waals surface area (Å²) < 4.78 is 38.4. The first-order chi connectivity index (χ1) is 21.2. The standard InChI is InChI=1S/C35H32N2O7S/c1-19-14-24(15-20(2)32(19)38)35(5,25-16-21(3)33(39)22(4)17-25)23-10-13-29(30(18-23)43-6)44-45(41,42)31-9-7-8-27-26(31)11-12-28(37-36)34(27)40/h7-18H,1-6H3,(H2-,38,39,40). The number of hydrogen-bond acceptors (Lipinski definition) is 8. The smallest absolute Gasteiger partial charge is 0.378 e. The summed E-state index contributed by atoms with van der Waals surface area (Å²) in [6.45, 7) is 9.31. The van der Waals surface area contributed by atoms with Gasteiger partial charge in [0.25, 0.3) is 0 Å². The van der Waals surface area contributed by atoms with Crippen LogP contribution >= 0.6 is 0 Å². The van der Waals surface area contributed by atoms with Crippen LogP contribution in [0.4, 0.5) is 5.69 Å². The SMILES string of the molecule is COc1cc(C(C)(c2cc(C)c(O)c(C)c2)c2cc(C)c(O)c(C)c2)ccc1OS(=O)(=O)c1cccc2c([O-])c([N+]#N)ccc12. The molecule has 0 saturated carbocycles. The van der Waals surface area contributed by atoms with Crippen LogP contribution in [0.1, 0.15) is 45.9 Å². The Morgan fingerprint density at radius 3 is 1.82 bits per heavy atom. The van der Waals surface area contributed by atoms with Crippen molar-refractivity contribution in [1.82, 2.24) is 0 Å². The average molecular weight is 625 g/mol. The third-order valence-electron chi connectivity index (χ3n) is 8.41. The van der Waals surface area contributed by atoms with Gasteiger partial charge in [0.2, 0.25) is 5.39 Å². The van der Waals surface area contributed by atoms with E-state index in [9.17, 15) is 23.7 Å². The molecule has 9 nitrogen and oxygen atoms in total. The summed E-state index contributed by atoms with van der Waals surface area (Å²) in [5, 5.41) is 43.0. The predicted molar refractivity (Wildman–Crippen MR) is 170 cm³/mol. The largest absolute Gasteiger partial charge is 0.867 e. The fourth-order valence-electron chi connectivity index (χ4n) is 5.79. The predicted octanol–water partition coefficient (Wildman–Crippen LogP) is 7.17. The average Bonchev–Trinajstić information content (AvgIpc) is 3.01. The lowest BCUT2D eigenvalue weighted by atomic mass is 9.69. The lowest BCUT2D eigenvalue weighted by molar-refractivity contribution is -0.264. The molecule has 0 fully saturated rings. The molecule has 2 N–H and O–H groups in total. The number of aryl methyl sites for hydroxylation is 4. The van der Waals surface area contributed by atoms with Crippen LogP contribution < -0.4 is 14.0 Å². The first-order valence-electron chi connectivity index (χ1n) is 14.0. The van der Waals surface area contributed by atoms with E-state index in [1.807, 2.05) is 58.9 Å². The summed E-state index contributed by atoms with van der Waals surface area (Å²) in [7, 11) is -3.06. The Hall–Kier alpha value is -5.27. The van der Waals surface area contributed by atoms with E-state index >= 15 is 0 Å². The van der Waals surface area contributed by atoms with E-state index in [1.54, 1.807) is 12.1 Å². The minimum absolute atomic E-state index is 0.0621. The van der Waals surface area contributed by atoms with Gasteiger partial charge in [-0.2, -0.15) is 8.42 Å². The van der Waals surface area contributed by atoms with Crippen molar-refractivity contribution in [3.05, 3.63) is 117 Å². The van der Waals surface area contributed by atoms with E-state index in [-0.39, 0.29) is 44.4 Å². The zero-order valence-corrected chi connectivity index (χ0v) is 26.5. The number of ether oxygens (including phenoxy) is 1. The van der Waals surface area contributed by atoms with Crippen LogP contribution in [0.2, 0.25) is 0 Å². The van der Waals surface area contributed by atoms with Gasteiger partial charge >= 0.3 is 15.8 Å². The van der Waals surface area contributed by atoms with E-state index < -0.39 is 21.3 Å². The van der Waals surface area contributed by atoms with Crippen molar-refractivity contribution in [3.63, 3.8) is 0 Å². The molecular weight excluding hydrogens is 592 g/mol. The Morgan fingerprint density at radius 2 is 1.31 bits per heavy atom. The minimum Gasteiger partial charge on any atom is -0.867 e. The van der Waals surface area contributed by atoms with Crippen LogP contribution in [0.15, 0.2) is 77.7 Å². The van der Waals surface area contributed by atoms with Crippen LogP contribution in [-0.4, -0.2) is 25.7 Å². The van der Waals surface area contributed by atoms with Crippen LogP contribution in [-0.2, 0) is 15.5 Å². The van der Waals surface area contributed by atoms with Crippen LogP contribution in [0, 0.1) is 33.1 Å². The minimum atomic E-state index is -4.46. The second-order valence-electron chi connectivity index (χ2n) is 11.3. The van der Waals surface area contributed by atoms with Gasteiger partial charge in [-0.15, -0.1) is 0 Å². The Labute approximate surface area is 261 Å². The molecule has 5 aromatic rings. The monoisotopic (exact) mass is 624 g/mol. The molecule has 0 radical (unpaired) electrons. The van der Waals surface area contributed by atoms with Gasteiger partial charge in [-0.05, 0) is 109 Å². The molecule has 5 rings (SSSR count). The van der Waals surface area contributed by atoms with Gasteiger partial charge in [-0.3, -0.25) is 0 Å². The van der Waals surface area contributed by atoms with Crippen molar-refractivity contribution in [2.45, 2.75) is 44.9 Å². The fourth-order valence-corrected chi connectivity index (χ4v) is 6.94. The Kier molecular flexibility index (Phi) is 7.85. The number of methoxy groups -OCH3 is 1. The van der Waals surface area contributed by atoms with Gasteiger partial charge in [0.15, 0.2) is 16.5 Å². The van der Waals surface area contributed by atoms with E-state index in [0.717, 1.165) is 16.7 Å². The van der Waals surface area contributed by atoms with Crippen molar-refractivity contribution in [3.8, 4) is 28.7 Å². The molecule has 0 saturated heterocycles. The zero-order chi connectivity index (χ0) is 32.8. The number of diazo groups is 1. The maximum atomic E-state index is 13.6. The van der Waals surface area contributed by atoms with Gasteiger partial charge in [-0.1, -0.05) is 42.5 Å². The topological polar surface area (TPSA) is 144 Å². The van der Waals surface area contributed by atoms with Crippen molar-refractivity contribution in [2.75, 3.05) is 7.11 Å². The van der Waals surface area contributed by atoms with Gasteiger partial charge in [0.1, 0.15) is 16.4 Å². The van der Waals surface area contributed by atoms with Gasteiger partial charge in [0.05, 0.1) is 7.11 Å². The highest BCUT2D eigenvalue weighted by molar-refractivity contribution is 7.87. The molecule has 0 aromatic heterocycles. The molecule has 10 heteroatoms. The maximum absolute atomic E-state index is 13.6. The highest BCUT2D eigenvalue weighted by atomic mass is 32.2. The number of aromatic hydroxyl groups is 2. The summed E-state index contributed by atoms with van der Waals surface area (Å²) in [6, 6.07) is 19.4. The van der Waals surface area contributed by atoms with E-state index in [1.165, 1.54) is 43.5 Å². The number of nitrogens with zero attached hydrogens (tertiary/aromatic N) is 2. The van der Waals surface area contributed by atoms with Crippen molar-refractivity contribution < 1.29 is 32.7 Å². The third-order valence-corrected chi connectivity index (χ3v) is 9.70. The van der Waals surface area contributed by atoms with Gasteiger partial charge in [-0.25, -0.2) is 0 Å². The second kappa shape index (κ2) is 11.3. The molecule has 0 amide bonds. The Morgan fingerprint density at radius 1 is 0.756 bits per heavy atom. The lowest BCUT2D eigenvalue weighted by Crippen LogP contribution is -2.26. The first kappa shape index (κ1) is 31.2. The van der Waals surface area contributed by atoms with Gasteiger partial charge < -0.3 is 24.2 Å². The van der Waals surface area contributed by atoms with Gasteiger partial charge in [0, 0.05) is 16.9 Å². The van der Waals surface area contributed by atoms with Crippen LogP contribution in [0.5, 0.6) is 28.7 Å². The molecule has 0 aliphatic carbocycles. The van der Waals surface area contributed by atoms with Crippen molar-refractivity contribution >= 4 is 26.6 Å². The molecule has 45 heavy (non-hydrogen) atoms. The normalized spacial score (nSPS) is 11.8. The summed E-state index contributed by atoms with van der Waals surface area (Å²) in [5.41, 5.74) is 4.18. The number of benzene rings is 5. The zero-order valence-electron chi connectivity index (χ0n) is 25.7. The third kappa shape index (κ3) is 5.25. The summed E-state index contributed by atoms with van der Waals surface area (Å²) in [6.07, 6.45) is 0. The molecule has 5 aromatic carbocycles. The quantitative estimate of drug-likeness (QED) is 0.110. The van der Waals surface area contributed by atoms with E-state index in [4.69, 9.17) is 14.3 Å². The number of fused-ring (bicyclic) bond motifs is 1. The number of phenols is 2. The molecule has 0 atom stereocenters. The Balaban J connectivity index is 1.66. The second-order valence-corrected chi connectivity index (χ2v) is 12.8. The van der Waals surface area contributed by atoms with Crippen LogP contribution in [0.25, 0.3) is 15.7 Å². The number of rotatable bonds is 7. The Bertz CT molecular complexity index is 2050. The number of phenolic OH excluding ortho intramolecular Hbond substituents is 2. The maximum Gasteiger partial charge on any atom is 0.378 e. The van der Waals surface area contributed by atoms with Crippen molar-refractivity contribution in [1.29, 1.82) is 5.39 Å². The molecule has 0 heterocycles.